The highest BCUT2D eigenvalue weighted by Gasteiger charge is 2.27. The molecule has 2 unspecified atom stereocenters. The third-order valence-corrected chi connectivity index (χ3v) is 5.47. The average molecular weight is 313 g/mol. The topological polar surface area (TPSA) is 64.6 Å². The van der Waals surface area contributed by atoms with E-state index >= 15 is 0 Å². The van der Waals surface area contributed by atoms with Crippen LogP contribution in [-0.2, 0) is 14.6 Å². The molecule has 0 aliphatic carbocycles. The Hall–Kier alpha value is -1.11. The van der Waals surface area contributed by atoms with Crippen molar-refractivity contribution in [3.8, 4) is 5.75 Å². The molecule has 118 valence electrons. The summed E-state index contributed by atoms with van der Waals surface area (Å²) in [5.41, 5.74) is 0.860. The molecule has 1 heterocycles. The molecule has 0 radical (unpaired) electrons. The van der Waals surface area contributed by atoms with E-state index in [1.807, 2.05) is 24.3 Å². The zero-order valence-corrected chi connectivity index (χ0v) is 13.4. The molecule has 1 aromatic carbocycles. The van der Waals surface area contributed by atoms with Gasteiger partial charge in [0.25, 0.3) is 0 Å². The molecule has 0 bridgehead atoms. The molecule has 5 nitrogen and oxygen atoms in total. The standard InChI is InChI=1S/C15H23NO4S/c1-16-14(13-7-3-4-8-15(13)19-2)11-21(17,18)10-12-6-5-9-20-12/h3-4,7-8,12,14,16H,5-6,9-11H2,1-2H3. The summed E-state index contributed by atoms with van der Waals surface area (Å²) in [5, 5.41) is 3.07. The first-order valence-corrected chi connectivity index (χ1v) is 9.00. The summed E-state index contributed by atoms with van der Waals surface area (Å²) < 4.78 is 35.5. The Morgan fingerprint density at radius 3 is 2.81 bits per heavy atom. The van der Waals surface area contributed by atoms with Gasteiger partial charge in [-0.25, -0.2) is 8.42 Å². The molecule has 1 aliphatic heterocycles. The first kappa shape index (κ1) is 16.3. The van der Waals surface area contributed by atoms with Crippen LogP contribution >= 0.6 is 0 Å². The van der Waals surface area contributed by atoms with Crippen molar-refractivity contribution in [3.05, 3.63) is 29.8 Å². The van der Waals surface area contributed by atoms with Gasteiger partial charge in [-0.05, 0) is 26.0 Å². The normalized spacial score (nSPS) is 20.4. The van der Waals surface area contributed by atoms with Gasteiger partial charge in [0.2, 0.25) is 0 Å². The zero-order valence-electron chi connectivity index (χ0n) is 12.5. The van der Waals surface area contributed by atoms with Gasteiger partial charge in [-0.3, -0.25) is 0 Å². The minimum atomic E-state index is -3.19. The maximum Gasteiger partial charge on any atom is 0.154 e. The molecule has 0 saturated carbocycles. The van der Waals surface area contributed by atoms with E-state index < -0.39 is 9.84 Å². The second-order valence-corrected chi connectivity index (χ2v) is 7.45. The predicted molar refractivity (Wildman–Crippen MR) is 82.4 cm³/mol. The second-order valence-electron chi connectivity index (χ2n) is 5.30. The Morgan fingerprint density at radius 1 is 1.43 bits per heavy atom. The molecule has 1 N–H and O–H groups in total. The van der Waals surface area contributed by atoms with E-state index in [1.54, 1.807) is 14.2 Å². The van der Waals surface area contributed by atoms with Crippen molar-refractivity contribution in [2.45, 2.75) is 25.0 Å². The molecule has 1 saturated heterocycles. The lowest BCUT2D eigenvalue weighted by Gasteiger charge is -2.20. The van der Waals surface area contributed by atoms with Crippen LogP contribution in [0.2, 0.25) is 0 Å². The molecule has 21 heavy (non-hydrogen) atoms. The van der Waals surface area contributed by atoms with E-state index in [4.69, 9.17) is 9.47 Å². The van der Waals surface area contributed by atoms with Crippen molar-refractivity contribution in [2.75, 3.05) is 32.3 Å². The van der Waals surface area contributed by atoms with Crippen LogP contribution in [0.1, 0.15) is 24.4 Å². The molecule has 6 heteroatoms. The molecule has 0 amide bonds. The van der Waals surface area contributed by atoms with Crippen LogP contribution in [-0.4, -0.2) is 46.8 Å². The lowest BCUT2D eigenvalue weighted by atomic mass is 10.1. The van der Waals surface area contributed by atoms with Crippen LogP contribution < -0.4 is 10.1 Å². The molecule has 1 fully saturated rings. The van der Waals surface area contributed by atoms with Crippen LogP contribution in [0.25, 0.3) is 0 Å². The Morgan fingerprint density at radius 2 is 2.19 bits per heavy atom. The second kappa shape index (κ2) is 7.24. The smallest absolute Gasteiger partial charge is 0.154 e. The SMILES string of the molecule is CNC(CS(=O)(=O)CC1CCCO1)c1ccccc1OC. The summed E-state index contributed by atoms with van der Waals surface area (Å²) >= 11 is 0. The Kier molecular flexibility index (Phi) is 5.61. The maximum atomic E-state index is 12.4. The molecule has 2 rings (SSSR count). The number of rotatable bonds is 7. The number of nitrogens with one attached hydrogen (secondary N) is 1. The van der Waals surface area contributed by atoms with Crippen molar-refractivity contribution in [1.29, 1.82) is 0 Å². The van der Waals surface area contributed by atoms with Crippen molar-refractivity contribution in [3.63, 3.8) is 0 Å². The molecular weight excluding hydrogens is 290 g/mol. The Bertz CT molecular complexity index is 553. The van der Waals surface area contributed by atoms with Crippen LogP contribution in [0.15, 0.2) is 24.3 Å². The summed E-state index contributed by atoms with van der Waals surface area (Å²) in [6.07, 6.45) is 1.63. The highest BCUT2D eigenvalue weighted by Crippen LogP contribution is 2.26. The van der Waals surface area contributed by atoms with Gasteiger partial charge in [0.05, 0.1) is 24.7 Å². The average Bonchev–Trinajstić information content (AvgIpc) is 2.97. The van der Waals surface area contributed by atoms with E-state index in [0.717, 1.165) is 18.4 Å². The summed E-state index contributed by atoms with van der Waals surface area (Å²) in [5.74, 6) is 0.841. The maximum absolute atomic E-state index is 12.4. The first-order chi connectivity index (χ1) is 10.1. The van der Waals surface area contributed by atoms with E-state index in [0.29, 0.717) is 12.4 Å². The fraction of sp³-hybridized carbons (Fsp3) is 0.600. The first-order valence-electron chi connectivity index (χ1n) is 7.18. The van der Waals surface area contributed by atoms with E-state index in [-0.39, 0.29) is 23.7 Å². The summed E-state index contributed by atoms with van der Waals surface area (Å²) in [7, 11) is 0.160. The molecule has 1 aromatic rings. The van der Waals surface area contributed by atoms with Gasteiger partial charge in [0.15, 0.2) is 9.84 Å². The number of methoxy groups -OCH3 is 1. The summed E-state index contributed by atoms with van der Waals surface area (Å²) in [6, 6.07) is 7.20. The number of hydrogen-bond donors (Lipinski definition) is 1. The van der Waals surface area contributed by atoms with Gasteiger partial charge in [-0.15, -0.1) is 0 Å². The third kappa shape index (κ3) is 4.43. The van der Waals surface area contributed by atoms with Crippen molar-refractivity contribution < 1.29 is 17.9 Å². The van der Waals surface area contributed by atoms with Gasteiger partial charge in [-0.1, -0.05) is 18.2 Å². The number of ether oxygens (including phenoxy) is 2. The lowest BCUT2D eigenvalue weighted by Crippen LogP contribution is -2.30. The predicted octanol–water partition coefficient (Wildman–Crippen LogP) is 1.55. The van der Waals surface area contributed by atoms with Crippen LogP contribution in [0.5, 0.6) is 5.75 Å². The lowest BCUT2D eigenvalue weighted by molar-refractivity contribution is 0.127. The monoisotopic (exact) mass is 313 g/mol. The molecular formula is C15H23NO4S. The molecule has 0 aromatic heterocycles. The number of sulfone groups is 1. The van der Waals surface area contributed by atoms with Gasteiger partial charge in [-0.2, -0.15) is 0 Å². The number of para-hydroxylation sites is 1. The summed E-state index contributed by atoms with van der Waals surface area (Å²) in [6.45, 7) is 0.669. The number of hydrogen-bond acceptors (Lipinski definition) is 5. The quantitative estimate of drug-likeness (QED) is 0.827. The van der Waals surface area contributed by atoms with Gasteiger partial charge in [0.1, 0.15) is 5.75 Å². The minimum absolute atomic E-state index is 0.0454. The largest absolute Gasteiger partial charge is 0.496 e. The fourth-order valence-corrected chi connectivity index (χ4v) is 4.48. The molecule has 1 aliphatic rings. The highest BCUT2D eigenvalue weighted by atomic mass is 32.2. The fourth-order valence-electron chi connectivity index (χ4n) is 2.66. The van der Waals surface area contributed by atoms with Crippen LogP contribution in [0.4, 0.5) is 0 Å². The van der Waals surface area contributed by atoms with Crippen molar-refractivity contribution in [2.24, 2.45) is 0 Å². The van der Waals surface area contributed by atoms with Crippen LogP contribution in [0, 0.1) is 0 Å². The Labute approximate surface area is 126 Å². The van der Waals surface area contributed by atoms with Crippen LogP contribution in [0.3, 0.4) is 0 Å². The molecule has 2 atom stereocenters. The summed E-state index contributed by atoms with van der Waals surface area (Å²) in [4.78, 5) is 0. The highest BCUT2D eigenvalue weighted by molar-refractivity contribution is 7.91. The van der Waals surface area contributed by atoms with E-state index in [9.17, 15) is 8.42 Å². The van der Waals surface area contributed by atoms with Gasteiger partial charge in [0, 0.05) is 18.2 Å². The minimum Gasteiger partial charge on any atom is -0.496 e. The zero-order chi connectivity index (χ0) is 15.3. The van der Waals surface area contributed by atoms with Crippen molar-refractivity contribution in [1.82, 2.24) is 5.32 Å². The molecule has 0 spiro atoms. The van der Waals surface area contributed by atoms with Crippen molar-refractivity contribution >= 4 is 9.84 Å². The third-order valence-electron chi connectivity index (χ3n) is 3.75. The van der Waals surface area contributed by atoms with E-state index in [2.05, 4.69) is 5.32 Å². The van der Waals surface area contributed by atoms with E-state index in [1.165, 1.54) is 0 Å². The van der Waals surface area contributed by atoms with Gasteiger partial charge >= 0.3 is 0 Å². The number of benzene rings is 1. The van der Waals surface area contributed by atoms with Gasteiger partial charge < -0.3 is 14.8 Å². The Balaban J connectivity index is 2.10.